The van der Waals surface area contributed by atoms with Gasteiger partial charge in [0.1, 0.15) is 0 Å². The second-order valence-electron chi connectivity index (χ2n) is 3.98. The van der Waals surface area contributed by atoms with Crippen molar-refractivity contribution in [2.24, 2.45) is 5.92 Å². The lowest BCUT2D eigenvalue weighted by Crippen LogP contribution is -2.44. The molecule has 1 saturated carbocycles. The molecular formula is C11H22O. The van der Waals surface area contributed by atoms with Crippen molar-refractivity contribution in [3.8, 4) is 0 Å². The highest BCUT2D eigenvalue weighted by Crippen LogP contribution is 2.43. The highest BCUT2D eigenvalue weighted by Gasteiger charge is 2.41. The molecule has 1 nitrogen and oxygen atoms in total. The summed E-state index contributed by atoms with van der Waals surface area (Å²) < 4.78 is 5.77. The topological polar surface area (TPSA) is 9.23 Å². The molecule has 2 fully saturated rings. The van der Waals surface area contributed by atoms with Crippen LogP contribution in [0.1, 0.15) is 52.9 Å². The van der Waals surface area contributed by atoms with Crippen LogP contribution in [0, 0.1) is 5.92 Å². The zero-order valence-corrected chi connectivity index (χ0v) is 8.73. The molecule has 1 atom stereocenters. The molecule has 1 spiro atoms. The number of hydrogen-bond acceptors (Lipinski definition) is 1. The van der Waals surface area contributed by atoms with Gasteiger partial charge >= 0.3 is 0 Å². The van der Waals surface area contributed by atoms with E-state index in [0.29, 0.717) is 5.60 Å². The maximum atomic E-state index is 5.77. The minimum absolute atomic E-state index is 0.373. The minimum atomic E-state index is 0.373. The Hall–Kier alpha value is -0.0400. The third-order valence-corrected chi connectivity index (χ3v) is 3.00. The van der Waals surface area contributed by atoms with Crippen molar-refractivity contribution >= 4 is 0 Å². The third-order valence-electron chi connectivity index (χ3n) is 3.00. The molecule has 1 saturated heterocycles. The van der Waals surface area contributed by atoms with Crippen molar-refractivity contribution < 1.29 is 4.74 Å². The first-order valence-electron chi connectivity index (χ1n) is 5.45. The summed E-state index contributed by atoms with van der Waals surface area (Å²) in [4.78, 5) is 0. The second kappa shape index (κ2) is 4.27. The molecule has 0 aromatic rings. The largest absolute Gasteiger partial charge is 0.375 e. The quantitative estimate of drug-likeness (QED) is 0.541. The molecule has 0 unspecified atom stereocenters. The summed E-state index contributed by atoms with van der Waals surface area (Å²) >= 11 is 0. The summed E-state index contributed by atoms with van der Waals surface area (Å²) in [5.41, 5.74) is 0.373. The van der Waals surface area contributed by atoms with E-state index in [0.717, 1.165) is 12.5 Å². The molecule has 0 bridgehead atoms. The smallest absolute Gasteiger partial charge is 0.0685 e. The van der Waals surface area contributed by atoms with Crippen LogP contribution in [0.4, 0.5) is 0 Å². The first-order chi connectivity index (χ1) is 5.81. The zero-order chi connectivity index (χ0) is 9.03. The molecule has 0 aromatic carbocycles. The van der Waals surface area contributed by atoms with Crippen molar-refractivity contribution in [3.05, 3.63) is 0 Å². The van der Waals surface area contributed by atoms with Gasteiger partial charge in [0.25, 0.3) is 0 Å². The van der Waals surface area contributed by atoms with Crippen LogP contribution >= 0.6 is 0 Å². The van der Waals surface area contributed by atoms with Crippen LogP contribution < -0.4 is 0 Å². The van der Waals surface area contributed by atoms with Gasteiger partial charge in [0, 0.05) is 6.61 Å². The normalized spacial score (nSPS) is 31.8. The van der Waals surface area contributed by atoms with Gasteiger partial charge in [-0.25, -0.2) is 0 Å². The van der Waals surface area contributed by atoms with Crippen LogP contribution in [-0.4, -0.2) is 12.2 Å². The zero-order valence-electron chi connectivity index (χ0n) is 8.73. The fourth-order valence-electron chi connectivity index (χ4n) is 2.19. The van der Waals surface area contributed by atoms with Gasteiger partial charge in [0.05, 0.1) is 5.60 Å². The molecule has 1 heterocycles. The second-order valence-corrected chi connectivity index (χ2v) is 3.98. The van der Waals surface area contributed by atoms with Crippen LogP contribution in [0.5, 0.6) is 0 Å². The molecule has 72 valence electrons. The Balaban J connectivity index is 0.000000336. The predicted octanol–water partition coefficient (Wildman–Crippen LogP) is 3.38. The maximum absolute atomic E-state index is 5.77. The van der Waals surface area contributed by atoms with Gasteiger partial charge in [-0.1, -0.05) is 20.8 Å². The highest BCUT2D eigenvalue weighted by atomic mass is 16.5. The van der Waals surface area contributed by atoms with Gasteiger partial charge < -0.3 is 4.74 Å². The maximum Gasteiger partial charge on any atom is 0.0685 e. The Morgan fingerprint density at radius 1 is 1.25 bits per heavy atom. The Kier molecular flexibility index (Phi) is 3.57. The van der Waals surface area contributed by atoms with E-state index in [1.54, 1.807) is 0 Å². The summed E-state index contributed by atoms with van der Waals surface area (Å²) in [6, 6.07) is 0. The summed E-state index contributed by atoms with van der Waals surface area (Å²) in [6.45, 7) is 7.36. The first kappa shape index (κ1) is 10.0. The summed E-state index contributed by atoms with van der Waals surface area (Å²) in [7, 11) is 0. The number of rotatable bonds is 0. The Labute approximate surface area is 76.5 Å². The van der Waals surface area contributed by atoms with Gasteiger partial charge in [0.2, 0.25) is 0 Å². The molecular weight excluding hydrogens is 148 g/mol. The number of ether oxygens (including phenoxy) is 1. The van der Waals surface area contributed by atoms with E-state index < -0.39 is 0 Å². The van der Waals surface area contributed by atoms with Gasteiger partial charge in [0.15, 0.2) is 0 Å². The van der Waals surface area contributed by atoms with Gasteiger partial charge in [-0.2, -0.15) is 0 Å². The van der Waals surface area contributed by atoms with E-state index in [9.17, 15) is 0 Å². The summed E-state index contributed by atoms with van der Waals surface area (Å²) in [5, 5.41) is 0. The van der Waals surface area contributed by atoms with Crippen molar-refractivity contribution in [2.75, 3.05) is 6.61 Å². The van der Waals surface area contributed by atoms with E-state index in [4.69, 9.17) is 4.74 Å². The monoisotopic (exact) mass is 170 g/mol. The Bertz CT molecular complexity index is 127. The lowest BCUT2D eigenvalue weighted by Gasteiger charge is -2.46. The van der Waals surface area contributed by atoms with Gasteiger partial charge in [-0.05, 0) is 38.0 Å². The predicted molar refractivity (Wildman–Crippen MR) is 52.3 cm³/mol. The third kappa shape index (κ3) is 2.01. The summed E-state index contributed by atoms with van der Waals surface area (Å²) in [5.74, 6) is 0.911. The van der Waals surface area contributed by atoms with Crippen molar-refractivity contribution in [3.63, 3.8) is 0 Å². The molecule has 12 heavy (non-hydrogen) atoms. The first-order valence-corrected chi connectivity index (χ1v) is 5.45. The van der Waals surface area contributed by atoms with E-state index >= 15 is 0 Å². The highest BCUT2D eigenvalue weighted by molar-refractivity contribution is 4.92. The average Bonchev–Trinajstić information content (AvgIpc) is 2.06. The molecule has 1 aliphatic carbocycles. The van der Waals surface area contributed by atoms with Crippen LogP contribution in [0.2, 0.25) is 0 Å². The van der Waals surface area contributed by atoms with Crippen LogP contribution in [0.25, 0.3) is 0 Å². The molecule has 2 aliphatic rings. The van der Waals surface area contributed by atoms with Crippen LogP contribution in [-0.2, 0) is 4.74 Å². The molecule has 0 N–H and O–H groups in total. The van der Waals surface area contributed by atoms with Crippen molar-refractivity contribution in [1.29, 1.82) is 0 Å². The van der Waals surface area contributed by atoms with Crippen LogP contribution in [0.3, 0.4) is 0 Å². The Morgan fingerprint density at radius 3 is 2.25 bits per heavy atom. The standard InChI is InChI=1S/C9H16O.C2H6/c1-8-3-6-10-9(7-8)4-2-5-9;1-2/h8H,2-7H2,1H3;1-2H3/t8-;/m0./s1. The minimum Gasteiger partial charge on any atom is -0.375 e. The van der Waals surface area contributed by atoms with E-state index in [-0.39, 0.29) is 0 Å². The fraction of sp³-hybridized carbons (Fsp3) is 1.00. The van der Waals surface area contributed by atoms with E-state index in [1.807, 2.05) is 13.8 Å². The van der Waals surface area contributed by atoms with E-state index in [2.05, 4.69) is 6.92 Å². The SMILES string of the molecule is CC.C[C@H]1CCOC2(CCC2)C1. The van der Waals surface area contributed by atoms with Crippen molar-refractivity contribution in [1.82, 2.24) is 0 Å². The lowest BCUT2D eigenvalue weighted by molar-refractivity contribution is -0.140. The van der Waals surface area contributed by atoms with E-state index in [1.165, 1.54) is 32.1 Å². The van der Waals surface area contributed by atoms with Crippen LogP contribution in [0.15, 0.2) is 0 Å². The molecule has 0 radical (unpaired) electrons. The molecule has 1 heteroatoms. The Morgan fingerprint density at radius 2 is 1.92 bits per heavy atom. The van der Waals surface area contributed by atoms with Crippen molar-refractivity contribution in [2.45, 2.75) is 58.5 Å². The molecule has 0 amide bonds. The molecule has 2 rings (SSSR count). The molecule has 0 aromatic heterocycles. The fourth-order valence-corrected chi connectivity index (χ4v) is 2.19. The molecule has 1 aliphatic heterocycles. The van der Waals surface area contributed by atoms with Gasteiger partial charge in [-0.15, -0.1) is 0 Å². The summed E-state index contributed by atoms with van der Waals surface area (Å²) in [6.07, 6.45) is 6.66. The number of hydrogen-bond donors (Lipinski definition) is 0. The lowest BCUT2D eigenvalue weighted by atomic mass is 9.72. The average molecular weight is 170 g/mol. The van der Waals surface area contributed by atoms with Gasteiger partial charge in [-0.3, -0.25) is 0 Å².